The van der Waals surface area contributed by atoms with Gasteiger partial charge < -0.3 is 4.90 Å². The Morgan fingerprint density at radius 2 is 2.04 bits per heavy atom. The summed E-state index contributed by atoms with van der Waals surface area (Å²) in [6.07, 6.45) is 7.70. The predicted molar refractivity (Wildman–Crippen MR) is 106 cm³/mol. The van der Waals surface area contributed by atoms with E-state index in [-0.39, 0.29) is 5.91 Å². The topological polar surface area (TPSA) is 61.9 Å². The van der Waals surface area contributed by atoms with Gasteiger partial charge in [0.15, 0.2) is 5.82 Å². The van der Waals surface area contributed by atoms with Crippen molar-refractivity contribution in [2.75, 3.05) is 12.3 Å². The van der Waals surface area contributed by atoms with Crippen LogP contribution in [-0.2, 0) is 11.2 Å². The zero-order valence-electron chi connectivity index (χ0n) is 15.5. The fraction of sp³-hybridized carbons (Fsp3) is 0.450. The predicted octanol–water partition coefficient (Wildman–Crippen LogP) is 4.43. The monoisotopic (exact) mass is 370 g/mol. The average Bonchev–Trinajstić information content (AvgIpc) is 3.17. The Kier molecular flexibility index (Phi) is 6.50. The summed E-state index contributed by atoms with van der Waals surface area (Å²) in [6.45, 7) is 4.88. The smallest absolute Gasteiger partial charge is 0.237 e. The van der Waals surface area contributed by atoms with Crippen LogP contribution in [0.25, 0.3) is 11.4 Å². The lowest BCUT2D eigenvalue weighted by Gasteiger charge is -2.26. The summed E-state index contributed by atoms with van der Waals surface area (Å²) in [6, 6.07) is 8.30. The molecule has 0 aliphatic heterocycles. The summed E-state index contributed by atoms with van der Waals surface area (Å²) in [5, 5.41) is 7.83. The number of aromatic nitrogens is 3. The van der Waals surface area contributed by atoms with Gasteiger partial charge in [0.1, 0.15) is 0 Å². The molecule has 6 heteroatoms. The van der Waals surface area contributed by atoms with Gasteiger partial charge in [-0.1, -0.05) is 49.0 Å². The van der Waals surface area contributed by atoms with Gasteiger partial charge in [-0.3, -0.25) is 9.89 Å². The molecule has 1 heterocycles. The molecule has 26 heavy (non-hydrogen) atoms. The van der Waals surface area contributed by atoms with Crippen molar-refractivity contribution in [2.24, 2.45) is 0 Å². The van der Waals surface area contributed by atoms with E-state index in [2.05, 4.69) is 40.3 Å². The van der Waals surface area contributed by atoms with Crippen molar-refractivity contribution in [2.45, 2.75) is 51.1 Å². The highest BCUT2D eigenvalue weighted by atomic mass is 32.2. The first kappa shape index (κ1) is 18.7. The Morgan fingerprint density at radius 1 is 1.23 bits per heavy atom. The molecule has 0 unspecified atom stereocenters. The highest BCUT2D eigenvalue weighted by molar-refractivity contribution is 7.99. The SMILES string of the molecule is CCc1ccc(-c2nc(SCC(=O)N(CC)C3=CCCCC3)n[nH]2)cc1. The fourth-order valence-electron chi connectivity index (χ4n) is 3.15. The molecular weight excluding hydrogens is 344 g/mol. The van der Waals surface area contributed by atoms with Crippen molar-refractivity contribution in [1.29, 1.82) is 0 Å². The summed E-state index contributed by atoms with van der Waals surface area (Å²) < 4.78 is 0. The summed E-state index contributed by atoms with van der Waals surface area (Å²) >= 11 is 1.39. The largest absolute Gasteiger partial charge is 0.316 e. The summed E-state index contributed by atoms with van der Waals surface area (Å²) in [4.78, 5) is 19.0. The van der Waals surface area contributed by atoms with Crippen LogP contribution in [0.1, 0.15) is 45.1 Å². The van der Waals surface area contributed by atoms with E-state index < -0.39 is 0 Å². The maximum atomic E-state index is 12.6. The van der Waals surface area contributed by atoms with Crippen LogP contribution in [0.2, 0.25) is 0 Å². The minimum Gasteiger partial charge on any atom is -0.316 e. The maximum Gasteiger partial charge on any atom is 0.237 e. The van der Waals surface area contributed by atoms with Gasteiger partial charge in [-0.05, 0) is 44.6 Å². The molecule has 3 rings (SSSR count). The van der Waals surface area contributed by atoms with Crippen LogP contribution in [0.3, 0.4) is 0 Å². The second kappa shape index (κ2) is 9.03. The van der Waals surface area contributed by atoms with Crippen molar-refractivity contribution in [3.05, 3.63) is 41.6 Å². The number of aromatic amines is 1. The summed E-state index contributed by atoms with van der Waals surface area (Å²) in [5.74, 6) is 1.23. The molecule has 0 spiro atoms. The molecule has 1 aromatic carbocycles. The molecule has 0 bridgehead atoms. The second-order valence-electron chi connectivity index (χ2n) is 6.38. The molecule has 0 atom stereocenters. The lowest BCUT2D eigenvalue weighted by Crippen LogP contribution is -2.32. The number of hydrogen-bond donors (Lipinski definition) is 1. The molecule has 1 amide bonds. The molecule has 1 aliphatic rings. The van der Waals surface area contributed by atoms with Gasteiger partial charge in [-0.25, -0.2) is 4.98 Å². The van der Waals surface area contributed by atoms with Gasteiger partial charge in [0, 0.05) is 17.8 Å². The highest BCUT2D eigenvalue weighted by Crippen LogP contribution is 2.24. The van der Waals surface area contributed by atoms with Gasteiger partial charge >= 0.3 is 0 Å². The molecule has 0 fully saturated rings. The summed E-state index contributed by atoms with van der Waals surface area (Å²) in [7, 11) is 0. The van der Waals surface area contributed by atoms with E-state index in [1.54, 1.807) is 0 Å². The Balaban J connectivity index is 1.60. The normalized spacial score (nSPS) is 14.2. The molecule has 138 valence electrons. The van der Waals surface area contributed by atoms with Crippen LogP contribution in [-0.4, -0.2) is 38.3 Å². The van der Waals surface area contributed by atoms with Crippen LogP contribution in [0.5, 0.6) is 0 Å². The van der Waals surface area contributed by atoms with E-state index in [9.17, 15) is 4.79 Å². The molecule has 0 saturated heterocycles. The first-order chi connectivity index (χ1) is 12.7. The molecule has 1 N–H and O–H groups in total. The molecule has 0 saturated carbocycles. The lowest BCUT2D eigenvalue weighted by molar-refractivity contribution is -0.126. The lowest BCUT2D eigenvalue weighted by atomic mass is 10.0. The number of hydrogen-bond acceptors (Lipinski definition) is 4. The van der Waals surface area contributed by atoms with Crippen molar-refractivity contribution < 1.29 is 4.79 Å². The van der Waals surface area contributed by atoms with E-state index in [0.717, 1.165) is 30.7 Å². The highest BCUT2D eigenvalue weighted by Gasteiger charge is 2.18. The Labute approximate surface area is 159 Å². The van der Waals surface area contributed by atoms with E-state index in [4.69, 9.17) is 0 Å². The molecule has 1 aromatic heterocycles. The number of rotatable bonds is 7. The van der Waals surface area contributed by atoms with E-state index >= 15 is 0 Å². The van der Waals surface area contributed by atoms with E-state index in [1.165, 1.54) is 35.9 Å². The average molecular weight is 371 g/mol. The molecule has 2 aromatic rings. The van der Waals surface area contributed by atoms with Crippen molar-refractivity contribution >= 4 is 17.7 Å². The zero-order chi connectivity index (χ0) is 18.4. The number of nitrogens with one attached hydrogen (secondary N) is 1. The third-order valence-corrected chi connectivity index (χ3v) is 5.49. The molecular formula is C20H26N4OS. The van der Waals surface area contributed by atoms with Gasteiger partial charge in [-0.2, -0.15) is 0 Å². The maximum absolute atomic E-state index is 12.6. The van der Waals surface area contributed by atoms with Crippen LogP contribution in [0, 0.1) is 0 Å². The number of allylic oxidation sites excluding steroid dienone is 2. The Hall–Kier alpha value is -2.08. The van der Waals surface area contributed by atoms with Crippen LogP contribution in [0.4, 0.5) is 0 Å². The third-order valence-electron chi connectivity index (χ3n) is 4.66. The number of amides is 1. The van der Waals surface area contributed by atoms with Gasteiger partial charge in [0.2, 0.25) is 11.1 Å². The number of nitrogens with zero attached hydrogens (tertiary/aromatic N) is 3. The van der Waals surface area contributed by atoms with Crippen LogP contribution >= 0.6 is 11.8 Å². The number of thioether (sulfide) groups is 1. The molecule has 1 aliphatic carbocycles. The van der Waals surface area contributed by atoms with Gasteiger partial charge in [0.25, 0.3) is 0 Å². The van der Waals surface area contributed by atoms with E-state index in [0.29, 0.717) is 17.5 Å². The number of carbonyl (C=O) groups excluding carboxylic acids is 1. The Bertz CT molecular complexity index is 766. The summed E-state index contributed by atoms with van der Waals surface area (Å²) in [5.41, 5.74) is 3.48. The molecule has 5 nitrogen and oxygen atoms in total. The Morgan fingerprint density at radius 3 is 2.69 bits per heavy atom. The minimum atomic E-state index is 0.129. The number of H-pyrrole nitrogens is 1. The molecule has 0 radical (unpaired) electrons. The van der Waals surface area contributed by atoms with Gasteiger partial charge in [0.05, 0.1) is 5.75 Å². The minimum absolute atomic E-state index is 0.129. The number of benzene rings is 1. The fourth-order valence-corrected chi connectivity index (χ4v) is 3.82. The van der Waals surface area contributed by atoms with Crippen molar-refractivity contribution in [3.63, 3.8) is 0 Å². The van der Waals surface area contributed by atoms with Crippen LogP contribution in [0.15, 0.2) is 41.2 Å². The van der Waals surface area contributed by atoms with Gasteiger partial charge in [-0.15, -0.1) is 5.10 Å². The number of aryl methyl sites for hydroxylation is 1. The quantitative estimate of drug-likeness (QED) is 0.732. The van der Waals surface area contributed by atoms with Crippen molar-refractivity contribution in [3.8, 4) is 11.4 Å². The first-order valence-corrected chi connectivity index (χ1v) is 10.3. The second-order valence-corrected chi connectivity index (χ2v) is 7.33. The standard InChI is InChI=1S/C20H26N4OS/c1-3-15-10-12-16(13-11-15)19-21-20(23-22-19)26-14-18(25)24(4-2)17-8-6-5-7-9-17/h8,10-13H,3-7,9,14H2,1-2H3,(H,21,22,23). The van der Waals surface area contributed by atoms with Crippen molar-refractivity contribution in [1.82, 2.24) is 20.1 Å². The van der Waals surface area contributed by atoms with Crippen LogP contribution < -0.4 is 0 Å². The zero-order valence-corrected chi connectivity index (χ0v) is 16.3. The third kappa shape index (κ3) is 4.55. The van der Waals surface area contributed by atoms with E-state index in [1.807, 2.05) is 24.0 Å². The first-order valence-electron chi connectivity index (χ1n) is 9.35. The number of carbonyl (C=O) groups is 1.